The van der Waals surface area contributed by atoms with E-state index in [-0.39, 0.29) is 11.8 Å². The fourth-order valence-electron chi connectivity index (χ4n) is 2.45. The van der Waals surface area contributed by atoms with Crippen molar-refractivity contribution in [2.75, 3.05) is 39.3 Å². The van der Waals surface area contributed by atoms with Crippen molar-refractivity contribution in [3.05, 3.63) is 0 Å². The van der Waals surface area contributed by atoms with Crippen molar-refractivity contribution in [1.82, 2.24) is 15.1 Å². The summed E-state index contributed by atoms with van der Waals surface area (Å²) in [7, 11) is 0. The zero-order valence-corrected chi connectivity index (χ0v) is 14.2. The molecular formula is C16H31N3O2. The van der Waals surface area contributed by atoms with Gasteiger partial charge in [-0.25, -0.2) is 0 Å². The Balaban J connectivity index is 2.52. The van der Waals surface area contributed by atoms with Crippen LogP contribution in [0, 0.1) is 11.3 Å². The second-order valence-electron chi connectivity index (χ2n) is 6.79. The van der Waals surface area contributed by atoms with Gasteiger partial charge < -0.3 is 15.1 Å². The van der Waals surface area contributed by atoms with Crippen LogP contribution in [0.25, 0.3) is 0 Å². The maximum atomic E-state index is 12.6. The summed E-state index contributed by atoms with van der Waals surface area (Å²) in [5.41, 5.74) is -0.981. The fraction of sp³-hybridized carbons (Fsp3) is 0.875. The Morgan fingerprint density at radius 2 is 1.71 bits per heavy atom. The smallest absolute Gasteiger partial charge is 0.237 e. The average molecular weight is 297 g/mol. The van der Waals surface area contributed by atoms with Gasteiger partial charge in [0.15, 0.2) is 0 Å². The number of piperazine rings is 1. The van der Waals surface area contributed by atoms with Gasteiger partial charge in [-0.1, -0.05) is 20.8 Å². The zero-order chi connectivity index (χ0) is 16.0. The molecule has 1 saturated heterocycles. The van der Waals surface area contributed by atoms with E-state index in [9.17, 15) is 9.59 Å². The molecule has 1 aliphatic rings. The number of nitrogens with one attached hydrogen (secondary N) is 1. The van der Waals surface area contributed by atoms with Gasteiger partial charge >= 0.3 is 0 Å². The molecule has 1 fully saturated rings. The summed E-state index contributed by atoms with van der Waals surface area (Å²) in [4.78, 5) is 29.0. The first-order valence-electron chi connectivity index (χ1n) is 8.09. The summed E-state index contributed by atoms with van der Waals surface area (Å²) in [6, 6.07) is 0. The van der Waals surface area contributed by atoms with Gasteiger partial charge in [0.2, 0.25) is 11.8 Å². The van der Waals surface area contributed by atoms with Crippen molar-refractivity contribution in [2.45, 2.75) is 41.0 Å². The molecule has 5 heteroatoms. The van der Waals surface area contributed by atoms with Crippen LogP contribution in [0.2, 0.25) is 0 Å². The molecule has 0 unspecified atom stereocenters. The number of amides is 2. The highest BCUT2D eigenvalue weighted by atomic mass is 16.2. The number of likely N-dealkylation sites (N-methyl/N-ethyl adjacent to an activating group) is 1. The summed E-state index contributed by atoms with van der Waals surface area (Å²) in [5, 5.41) is 2.90. The maximum absolute atomic E-state index is 12.6. The molecule has 122 valence electrons. The summed E-state index contributed by atoms with van der Waals surface area (Å²) in [6.45, 7) is 14.7. The highest BCUT2D eigenvalue weighted by Crippen LogP contribution is 2.20. The monoisotopic (exact) mass is 297 g/mol. The fourth-order valence-corrected chi connectivity index (χ4v) is 2.45. The van der Waals surface area contributed by atoms with Gasteiger partial charge in [0.25, 0.3) is 0 Å². The van der Waals surface area contributed by atoms with E-state index < -0.39 is 5.41 Å². The van der Waals surface area contributed by atoms with Gasteiger partial charge in [-0.15, -0.1) is 0 Å². The lowest BCUT2D eigenvalue weighted by Gasteiger charge is -2.37. The number of nitrogens with zero attached hydrogens (tertiary/aromatic N) is 2. The van der Waals surface area contributed by atoms with Gasteiger partial charge in [0.05, 0.1) is 0 Å². The molecule has 0 aromatic heterocycles. The summed E-state index contributed by atoms with van der Waals surface area (Å²) < 4.78 is 0. The molecule has 0 spiro atoms. The molecule has 0 atom stereocenters. The largest absolute Gasteiger partial charge is 0.355 e. The quantitative estimate of drug-likeness (QED) is 0.753. The molecule has 21 heavy (non-hydrogen) atoms. The Morgan fingerprint density at radius 1 is 1.14 bits per heavy atom. The minimum atomic E-state index is -0.981. The van der Waals surface area contributed by atoms with Crippen molar-refractivity contribution in [2.24, 2.45) is 11.3 Å². The molecule has 0 aliphatic carbocycles. The summed E-state index contributed by atoms with van der Waals surface area (Å²) in [6.07, 6.45) is 0.936. The van der Waals surface area contributed by atoms with Crippen LogP contribution in [0.15, 0.2) is 0 Å². The van der Waals surface area contributed by atoms with Crippen molar-refractivity contribution in [3.8, 4) is 0 Å². The summed E-state index contributed by atoms with van der Waals surface area (Å²) >= 11 is 0. The Morgan fingerprint density at radius 3 is 2.19 bits per heavy atom. The maximum Gasteiger partial charge on any atom is 0.237 e. The number of carbonyl (C=O) groups excluding carboxylic acids is 2. The molecule has 0 aromatic carbocycles. The molecule has 1 aliphatic heterocycles. The number of rotatable bonds is 6. The standard InChI is InChI=1S/C16H31N3O2/c1-6-18-9-11-19(12-10-18)15(21)16(4,5)14(20)17-8-7-13(2)3/h13H,6-12H2,1-5H3,(H,17,20). The van der Waals surface area contributed by atoms with E-state index in [0.717, 1.165) is 39.1 Å². The molecule has 0 radical (unpaired) electrons. The van der Waals surface area contributed by atoms with Crippen molar-refractivity contribution < 1.29 is 9.59 Å². The number of carbonyl (C=O) groups is 2. The molecular weight excluding hydrogens is 266 g/mol. The lowest BCUT2D eigenvalue weighted by molar-refractivity contribution is -0.149. The minimum Gasteiger partial charge on any atom is -0.355 e. The van der Waals surface area contributed by atoms with Crippen LogP contribution in [-0.4, -0.2) is 60.9 Å². The van der Waals surface area contributed by atoms with Crippen LogP contribution < -0.4 is 5.32 Å². The third-order valence-electron chi connectivity index (χ3n) is 4.22. The van der Waals surface area contributed by atoms with E-state index in [0.29, 0.717) is 12.5 Å². The van der Waals surface area contributed by atoms with Gasteiger partial charge in [0, 0.05) is 32.7 Å². The van der Waals surface area contributed by atoms with Crippen LogP contribution >= 0.6 is 0 Å². The highest BCUT2D eigenvalue weighted by Gasteiger charge is 2.39. The van der Waals surface area contributed by atoms with Crippen LogP contribution in [0.4, 0.5) is 0 Å². The molecule has 1 heterocycles. The van der Waals surface area contributed by atoms with Gasteiger partial charge in [0.1, 0.15) is 5.41 Å². The lowest BCUT2D eigenvalue weighted by atomic mass is 9.89. The molecule has 1 N–H and O–H groups in total. The van der Waals surface area contributed by atoms with Crippen LogP contribution in [-0.2, 0) is 9.59 Å². The number of hydrogen-bond acceptors (Lipinski definition) is 3. The Bertz CT molecular complexity index is 359. The number of hydrogen-bond donors (Lipinski definition) is 1. The van der Waals surface area contributed by atoms with E-state index in [4.69, 9.17) is 0 Å². The first-order valence-corrected chi connectivity index (χ1v) is 8.09. The lowest BCUT2D eigenvalue weighted by Crippen LogP contribution is -2.55. The molecule has 5 nitrogen and oxygen atoms in total. The van der Waals surface area contributed by atoms with E-state index in [2.05, 4.69) is 31.0 Å². The van der Waals surface area contributed by atoms with E-state index in [1.165, 1.54) is 0 Å². The Kier molecular flexibility index (Phi) is 6.65. The zero-order valence-electron chi connectivity index (χ0n) is 14.2. The third-order valence-corrected chi connectivity index (χ3v) is 4.22. The molecule has 1 rings (SSSR count). The van der Waals surface area contributed by atoms with Crippen LogP contribution in [0.5, 0.6) is 0 Å². The molecule has 0 aromatic rings. The van der Waals surface area contributed by atoms with Crippen molar-refractivity contribution in [3.63, 3.8) is 0 Å². The first kappa shape index (κ1) is 18.0. The summed E-state index contributed by atoms with van der Waals surface area (Å²) in [5.74, 6) is 0.331. The van der Waals surface area contributed by atoms with Crippen molar-refractivity contribution >= 4 is 11.8 Å². The van der Waals surface area contributed by atoms with Crippen LogP contribution in [0.3, 0.4) is 0 Å². The predicted octanol–water partition coefficient (Wildman–Crippen LogP) is 1.34. The highest BCUT2D eigenvalue weighted by molar-refractivity contribution is 6.04. The Hall–Kier alpha value is -1.10. The van der Waals surface area contributed by atoms with Crippen molar-refractivity contribution in [1.29, 1.82) is 0 Å². The van der Waals surface area contributed by atoms with E-state index in [1.54, 1.807) is 13.8 Å². The van der Waals surface area contributed by atoms with E-state index in [1.807, 2.05) is 4.90 Å². The predicted molar refractivity (Wildman–Crippen MR) is 84.9 cm³/mol. The average Bonchev–Trinajstić information content (AvgIpc) is 2.46. The molecule has 0 saturated carbocycles. The third kappa shape index (κ3) is 4.99. The van der Waals surface area contributed by atoms with Crippen LogP contribution in [0.1, 0.15) is 41.0 Å². The van der Waals surface area contributed by atoms with E-state index >= 15 is 0 Å². The van der Waals surface area contributed by atoms with Gasteiger partial charge in [-0.3, -0.25) is 9.59 Å². The normalized spacial score (nSPS) is 17.1. The van der Waals surface area contributed by atoms with Gasteiger partial charge in [-0.2, -0.15) is 0 Å². The SMILES string of the molecule is CCN1CCN(C(=O)C(C)(C)C(=O)NCCC(C)C)CC1. The second kappa shape index (κ2) is 7.78. The molecule has 2 amide bonds. The first-order chi connectivity index (χ1) is 9.78. The molecule has 0 bridgehead atoms. The minimum absolute atomic E-state index is 0.0553. The topological polar surface area (TPSA) is 52.7 Å². The second-order valence-corrected chi connectivity index (χ2v) is 6.79. The van der Waals surface area contributed by atoms with Gasteiger partial charge in [-0.05, 0) is 32.7 Å². The Labute approximate surface area is 129 Å².